The minimum Gasteiger partial charge on any atom is -0.396 e. The highest BCUT2D eigenvalue weighted by Gasteiger charge is 2.11. The van der Waals surface area contributed by atoms with Crippen molar-refractivity contribution in [2.75, 3.05) is 16.2 Å². The molecule has 20 heavy (non-hydrogen) atoms. The SMILES string of the molecule is Nc1cc(NS(=O)(=O)CCc2ccncc2)ccc1F. The van der Waals surface area contributed by atoms with Crippen LogP contribution < -0.4 is 10.5 Å². The predicted octanol–water partition coefficient (Wildman–Crippen LogP) is 1.79. The van der Waals surface area contributed by atoms with Crippen molar-refractivity contribution in [1.29, 1.82) is 0 Å². The molecule has 0 saturated carbocycles. The van der Waals surface area contributed by atoms with Crippen LogP contribution in [0.2, 0.25) is 0 Å². The molecule has 0 amide bonds. The van der Waals surface area contributed by atoms with E-state index in [9.17, 15) is 12.8 Å². The van der Waals surface area contributed by atoms with Gasteiger partial charge in [-0.1, -0.05) is 0 Å². The maximum Gasteiger partial charge on any atom is 0.233 e. The Hall–Kier alpha value is -2.15. The van der Waals surface area contributed by atoms with Crippen molar-refractivity contribution in [2.24, 2.45) is 0 Å². The maximum atomic E-state index is 13.0. The number of aromatic nitrogens is 1. The number of rotatable bonds is 5. The molecule has 0 bridgehead atoms. The fraction of sp³-hybridized carbons (Fsp3) is 0.154. The van der Waals surface area contributed by atoms with E-state index in [1.165, 1.54) is 12.1 Å². The number of pyridine rings is 1. The first-order valence-corrected chi connectivity index (χ1v) is 7.56. The van der Waals surface area contributed by atoms with Gasteiger partial charge in [0.25, 0.3) is 0 Å². The summed E-state index contributed by atoms with van der Waals surface area (Å²) in [7, 11) is -3.51. The molecule has 0 aliphatic heterocycles. The molecule has 7 heteroatoms. The van der Waals surface area contributed by atoms with Crippen LogP contribution in [0.25, 0.3) is 0 Å². The monoisotopic (exact) mass is 295 g/mol. The zero-order valence-corrected chi connectivity index (χ0v) is 11.4. The molecule has 106 valence electrons. The number of aryl methyl sites for hydroxylation is 1. The van der Waals surface area contributed by atoms with E-state index in [0.717, 1.165) is 11.6 Å². The summed E-state index contributed by atoms with van der Waals surface area (Å²) >= 11 is 0. The number of nitrogens with two attached hydrogens (primary N) is 1. The Morgan fingerprint density at radius 1 is 1.20 bits per heavy atom. The Morgan fingerprint density at radius 3 is 2.55 bits per heavy atom. The number of anilines is 2. The van der Waals surface area contributed by atoms with Crippen LogP contribution in [-0.2, 0) is 16.4 Å². The van der Waals surface area contributed by atoms with Gasteiger partial charge in [-0.2, -0.15) is 0 Å². The van der Waals surface area contributed by atoms with E-state index < -0.39 is 15.8 Å². The molecule has 3 N–H and O–H groups in total. The predicted molar refractivity (Wildman–Crippen MR) is 76.2 cm³/mol. The molecule has 1 aromatic heterocycles. The maximum absolute atomic E-state index is 13.0. The first kappa shape index (κ1) is 14.3. The topological polar surface area (TPSA) is 85.1 Å². The molecular formula is C13H14FN3O2S. The van der Waals surface area contributed by atoms with Crippen LogP contribution in [0.15, 0.2) is 42.7 Å². The summed E-state index contributed by atoms with van der Waals surface area (Å²) in [5.41, 5.74) is 6.42. The lowest BCUT2D eigenvalue weighted by atomic mass is 10.2. The van der Waals surface area contributed by atoms with Crippen molar-refractivity contribution < 1.29 is 12.8 Å². The van der Waals surface area contributed by atoms with Gasteiger partial charge in [0.05, 0.1) is 17.1 Å². The van der Waals surface area contributed by atoms with E-state index in [2.05, 4.69) is 9.71 Å². The van der Waals surface area contributed by atoms with E-state index in [-0.39, 0.29) is 17.1 Å². The van der Waals surface area contributed by atoms with Crippen molar-refractivity contribution in [1.82, 2.24) is 4.98 Å². The van der Waals surface area contributed by atoms with Crippen molar-refractivity contribution in [3.05, 3.63) is 54.1 Å². The molecule has 5 nitrogen and oxygen atoms in total. The summed E-state index contributed by atoms with van der Waals surface area (Å²) in [6.07, 6.45) is 3.58. The van der Waals surface area contributed by atoms with Crippen molar-refractivity contribution in [3.63, 3.8) is 0 Å². The summed E-state index contributed by atoms with van der Waals surface area (Å²) < 4.78 is 39.2. The van der Waals surface area contributed by atoms with Gasteiger partial charge in [-0.25, -0.2) is 12.8 Å². The minimum atomic E-state index is -3.51. The van der Waals surface area contributed by atoms with Gasteiger partial charge in [0, 0.05) is 12.4 Å². The van der Waals surface area contributed by atoms with Crippen LogP contribution in [0.4, 0.5) is 15.8 Å². The second-order valence-corrected chi connectivity index (χ2v) is 6.10. The lowest BCUT2D eigenvalue weighted by Crippen LogP contribution is -2.18. The highest BCUT2D eigenvalue weighted by Crippen LogP contribution is 2.17. The lowest BCUT2D eigenvalue weighted by Gasteiger charge is -2.09. The summed E-state index contributed by atoms with van der Waals surface area (Å²) in [6, 6.07) is 7.21. The summed E-state index contributed by atoms with van der Waals surface area (Å²) in [5, 5.41) is 0. The van der Waals surface area contributed by atoms with E-state index in [0.29, 0.717) is 6.42 Å². The van der Waals surface area contributed by atoms with Crippen LogP contribution in [0.5, 0.6) is 0 Å². The van der Waals surface area contributed by atoms with Gasteiger partial charge in [0.15, 0.2) is 0 Å². The molecule has 0 spiro atoms. The number of hydrogen-bond donors (Lipinski definition) is 2. The average Bonchev–Trinajstić information content (AvgIpc) is 2.42. The molecule has 0 fully saturated rings. The third-order valence-electron chi connectivity index (χ3n) is 2.68. The zero-order valence-electron chi connectivity index (χ0n) is 10.6. The fourth-order valence-corrected chi connectivity index (χ4v) is 2.73. The molecule has 0 atom stereocenters. The summed E-state index contributed by atoms with van der Waals surface area (Å²) in [5.74, 6) is -0.654. The smallest absolute Gasteiger partial charge is 0.233 e. The number of nitrogens with zero attached hydrogens (tertiary/aromatic N) is 1. The number of halogens is 1. The van der Waals surface area contributed by atoms with Gasteiger partial charge < -0.3 is 5.73 Å². The number of sulfonamides is 1. The van der Waals surface area contributed by atoms with Gasteiger partial charge in [-0.15, -0.1) is 0 Å². The molecular weight excluding hydrogens is 281 g/mol. The van der Waals surface area contributed by atoms with E-state index in [1.54, 1.807) is 24.5 Å². The molecule has 1 aromatic carbocycles. The fourth-order valence-electron chi connectivity index (χ4n) is 1.64. The van der Waals surface area contributed by atoms with E-state index in [4.69, 9.17) is 5.73 Å². The van der Waals surface area contributed by atoms with Crippen molar-refractivity contribution >= 4 is 21.4 Å². The number of nitrogens with one attached hydrogen (secondary N) is 1. The Kier molecular flexibility index (Phi) is 4.19. The normalized spacial score (nSPS) is 11.2. The highest BCUT2D eigenvalue weighted by atomic mass is 32.2. The van der Waals surface area contributed by atoms with E-state index in [1.807, 2.05) is 0 Å². The van der Waals surface area contributed by atoms with Gasteiger partial charge >= 0.3 is 0 Å². The number of hydrogen-bond acceptors (Lipinski definition) is 4. The lowest BCUT2D eigenvalue weighted by molar-refractivity contribution is 0.600. The summed E-state index contributed by atoms with van der Waals surface area (Å²) in [4.78, 5) is 3.86. The Labute approximate surface area is 116 Å². The Balaban J connectivity index is 2.02. The van der Waals surface area contributed by atoms with E-state index >= 15 is 0 Å². The molecule has 0 aliphatic carbocycles. The van der Waals surface area contributed by atoms with Gasteiger partial charge in [-0.3, -0.25) is 9.71 Å². The molecule has 2 aromatic rings. The molecule has 1 heterocycles. The van der Waals surface area contributed by atoms with Crippen LogP contribution in [0.3, 0.4) is 0 Å². The Morgan fingerprint density at radius 2 is 1.90 bits per heavy atom. The molecule has 2 rings (SSSR count). The quantitative estimate of drug-likeness (QED) is 0.823. The number of nitrogen functional groups attached to an aromatic ring is 1. The third-order valence-corrected chi connectivity index (χ3v) is 3.97. The van der Waals surface area contributed by atoms with Crippen molar-refractivity contribution in [2.45, 2.75) is 6.42 Å². The largest absolute Gasteiger partial charge is 0.396 e. The van der Waals surface area contributed by atoms with Gasteiger partial charge in [-0.05, 0) is 42.3 Å². The van der Waals surface area contributed by atoms with Crippen molar-refractivity contribution in [3.8, 4) is 0 Å². The van der Waals surface area contributed by atoms with Gasteiger partial charge in [0.1, 0.15) is 5.82 Å². The first-order valence-electron chi connectivity index (χ1n) is 5.91. The highest BCUT2D eigenvalue weighted by molar-refractivity contribution is 7.92. The van der Waals surface area contributed by atoms with Crippen LogP contribution in [0.1, 0.15) is 5.56 Å². The summed E-state index contributed by atoms with van der Waals surface area (Å²) in [6.45, 7) is 0. The Bertz CT molecular complexity index is 690. The molecule has 0 radical (unpaired) electrons. The second-order valence-electron chi connectivity index (χ2n) is 4.26. The van der Waals surface area contributed by atoms with Crippen LogP contribution in [-0.4, -0.2) is 19.2 Å². The third kappa shape index (κ3) is 3.92. The zero-order chi connectivity index (χ0) is 14.6. The van der Waals surface area contributed by atoms with Crippen LogP contribution in [0, 0.1) is 5.82 Å². The number of benzene rings is 1. The van der Waals surface area contributed by atoms with Crippen LogP contribution >= 0.6 is 0 Å². The first-order chi connectivity index (χ1) is 9.46. The second kappa shape index (κ2) is 5.87. The minimum absolute atomic E-state index is 0.0751. The van der Waals surface area contributed by atoms with Gasteiger partial charge in [0.2, 0.25) is 10.0 Å². The average molecular weight is 295 g/mol. The molecule has 0 saturated heterocycles. The molecule has 0 unspecified atom stereocenters. The molecule has 0 aliphatic rings. The standard InChI is InChI=1S/C13H14FN3O2S/c14-12-2-1-11(9-13(12)15)17-20(18,19)8-5-10-3-6-16-7-4-10/h1-4,6-7,9,17H,5,8,15H2.